The molecule has 0 radical (unpaired) electrons. The van der Waals surface area contributed by atoms with Gasteiger partial charge in [-0.2, -0.15) is 0 Å². The van der Waals surface area contributed by atoms with E-state index in [-0.39, 0.29) is 5.76 Å². The number of amides is 1. The Morgan fingerprint density at radius 1 is 0.931 bits per heavy atom. The van der Waals surface area contributed by atoms with Crippen LogP contribution >= 0.6 is 15.9 Å². The van der Waals surface area contributed by atoms with E-state index >= 15 is 0 Å². The molecule has 0 aliphatic carbocycles. The van der Waals surface area contributed by atoms with E-state index in [1.807, 2.05) is 79.7 Å². The number of ether oxygens (including phenoxy) is 1. The molecule has 3 aromatic rings. The first-order chi connectivity index (χ1) is 14.0. The molecule has 0 saturated carbocycles. The molecule has 0 unspecified atom stereocenters. The topological polar surface area (TPSA) is 49.8 Å². The molecule has 0 aromatic heterocycles. The van der Waals surface area contributed by atoms with Crippen LogP contribution in [0.2, 0.25) is 0 Å². The summed E-state index contributed by atoms with van der Waals surface area (Å²) in [6, 6.07) is 22.5. The zero-order valence-electron chi connectivity index (χ0n) is 16.1. The van der Waals surface area contributed by atoms with Gasteiger partial charge in [0.2, 0.25) is 0 Å². The van der Waals surface area contributed by atoms with Gasteiger partial charge in [0.25, 0.3) is 5.91 Å². The lowest BCUT2D eigenvalue weighted by atomic mass is 9.93. The Bertz CT molecular complexity index is 1070. The van der Waals surface area contributed by atoms with Crippen molar-refractivity contribution < 1.29 is 14.6 Å². The highest BCUT2D eigenvalue weighted by molar-refractivity contribution is 9.10. The van der Waals surface area contributed by atoms with Crippen LogP contribution in [0.3, 0.4) is 0 Å². The van der Waals surface area contributed by atoms with Gasteiger partial charge in [0.05, 0.1) is 13.2 Å². The van der Waals surface area contributed by atoms with Gasteiger partial charge in [-0.1, -0.05) is 57.9 Å². The molecule has 1 aliphatic heterocycles. The van der Waals surface area contributed by atoms with Gasteiger partial charge in [0, 0.05) is 15.7 Å². The number of aliphatic hydroxyl groups is 1. The van der Waals surface area contributed by atoms with Crippen LogP contribution in [-0.4, -0.2) is 18.1 Å². The maximum absolute atomic E-state index is 13.1. The molecule has 5 heteroatoms. The Kier molecular flexibility index (Phi) is 5.16. The van der Waals surface area contributed by atoms with Gasteiger partial charge in [-0.05, 0) is 54.4 Å². The fourth-order valence-corrected chi connectivity index (χ4v) is 3.87. The summed E-state index contributed by atoms with van der Waals surface area (Å²) < 4.78 is 6.19. The van der Waals surface area contributed by atoms with Crippen molar-refractivity contribution in [1.29, 1.82) is 0 Å². The summed E-state index contributed by atoms with van der Waals surface area (Å²) in [7, 11) is 1.60. The monoisotopic (exact) mass is 449 g/mol. The summed E-state index contributed by atoms with van der Waals surface area (Å²) in [6.07, 6.45) is 0. The van der Waals surface area contributed by atoms with Gasteiger partial charge in [-0.3, -0.25) is 9.69 Å². The number of anilines is 1. The second kappa shape index (κ2) is 7.76. The first-order valence-corrected chi connectivity index (χ1v) is 10.0. The van der Waals surface area contributed by atoms with E-state index in [9.17, 15) is 9.90 Å². The molecule has 0 saturated heterocycles. The smallest absolute Gasteiger partial charge is 0.294 e. The van der Waals surface area contributed by atoms with Crippen LogP contribution in [-0.2, 0) is 4.79 Å². The van der Waals surface area contributed by atoms with E-state index in [2.05, 4.69) is 15.9 Å². The summed E-state index contributed by atoms with van der Waals surface area (Å²) in [5.41, 5.74) is 4.15. The average molecular weight is 450 g/mol. The first kappa shape index (κ1) is 19.3. The van der Waals surface area contributed by atoms with Crippen molar-refractivity contribution >= 4 is 33.1 Å². The molecule has 29 heavy (non-hydrogen) atoms. The Morgan fingerprint density at radius 2 is 1.55 bits per heavy atom. The number of hydrogen-bond acceptors (Lipinski definition) is 3. The average Bonchev–Trinajstić information content (AvgIpc) is 3.00. The Balaban J connectivity index is 1.87. The highest BCUT2D eigenvalue weighted by Crippen LogP contribution is 2.45. The second-order valence-corrected chi connectivity index (χ2v) is 7.87. The van der Waals surface area contributed by atoms with Crippen molar-refractivity contribution in [3.05, 3.63) is 99.7 Å². The predicted octanol–water partition coefficient (Wildman–Crippen LogP) is 5.82. The molecule has 0 spiro atoms. The molecule has 4 nitrogen and oxygen atoms in total. The number of hydrogen-bond donors (Lipinski definition) is 1. The van der Waals surface area contributed by atoms with Crippen LogP contribution in [0.25, 0.3) is 5.57 Å². The zero-order valence-corrected chi connectivity index (χ0v) is 17.7. The van der Waals surface area contributed by atoms with E-state index in [0.717, 1.165) is 21.2 Å². The lowest BCUT2D eigenvalue weighted by Gasteiger charge is -2.27. The summed E-state index contributed by atoms with van der Waals surface area (Å²) in [5, 5.41) is 10.9. The standard InChI is InChI=1S/C24H20BrNO3/c1-15-3-5-16(6-4-15)21-22(17-7-9-18(25)10-8-17)26(24(28)23(21)27)19-11-13-20(29-2)14-12-19/h3-14,22,27H,1-2H3/t22-/m0/s1. The van der Waals surface area contributed by atoms with Crippen LogP contribution in [0, 0.1) is 6.92 Å². The molecule has 1 aliphatic rings. The number of rotatable bonds is 4. The van der Waals surface area contributed by atoms with Gasteiger partial charge < -0.3 is 9.84 Å². The van der Waals surface area contributed by atoms with Crippen LogP contribution in [0.4, 0.5) is 5.69 Å². The van der Waals surface area contributed by atoms with Gasteiger partial charge in [0.15, 0.2) is 5.76 Å². The summed E-state index contributed by atoms with van der Waals surface area (Å²) >= 11 is 3.47. The van der Waals surface area contributed by atoms with Crippen molar-refractivity contribution in [3.63, 3.8) is 0 Å². The Hall–Kier alpha value is -3.05. The van der Waals surface area contributed by atoms with Gasteiger partial charge in [-0.15, -0.1) is 0 Å². The molecule has 1 heterocycles. The van der Waals surface area contributed by atoms with E-state index in [4.69, 9.17) is 4.74 Å². The molecule has 1 atom stereocenters. The number of carbonyl (C=O) groups excluding carboxylic acids is 1. The number of nitrogens with zero attached hydrogens (tertiary/aromatic N) is 1. The number of aliphatic hydroxyl groups excluding tert-OH is 1. The molecule has 3 aromatic carbocycles. The van der Waals surface area contributed by atoms with E-state index < -0.39 is 11.9 Å². The van der Waals surface area contributed by atoms with Crippen molar-refractivity contribution in [1.82, 2.24) is 0 Å². The van der Waals surface area contributed by atoms with E-state index in [1.54, 1.807) is 12.0 Å². The molecule has 0 bridgehead atoms. The third-order valence-electron chi connectivity index (χ3n) is 5.11. The molecular formula is C24H20BrNO3. The Labute approximate surface area is 178 Å². The molecule has 1 amide bonds. The minimum atomic E-state index is -0.438. The number of halogens is 1. The third-order valence-corrected chi connectivity index (χ3v) is 5.64. The largest absolute Gasteiger partial charge is 0.503 e. The van der Waals surface area contributed by atoms with Crippen molar-refractivity contribution in [2.24, 2.45) is 0 Å². The summed E-state index contributed by atoms with van der Waals surface area (Å²) in [5.74, 6) is 0.0628. The maximum atomic E-state index is 13.1. The van der Waals surface area contributed by atoms with Gasteiger partial charge in [0.1, 0.15) is 5.75 Å². The predicted molar refractivity (Wildman–Crippen MR) is 118 cm³/mol. The normalized spacial score (nSPS) is 16.4. The number of carbonyl (C=O) groups is 1. The maximum Gasteiger partial charge on any atom is 0.294 e. The minimum absolute atomic E-state index is 0.224. The third kappa shape index (κ3) is 3.54. The number of methoxy groups -OCH3 is 1. The number of benzene rings is 3. The first-order valence-electron chi connectivity index (χ1n) is 9.23. The van der Waals surface area contributed by atoms with Crippen LogP contribution < -0.4 is 9.64 Å². The van der Waals surface area contributed by atoms with Crippen LogP contribution in [0.1, 0.15) is 22.7 Å². The Morgan fingerprint density at radius 3 is 2.14 bits per heavy atom. The molecular weight excluding hydrogens is 430 g/mol. The minimum Gasteiger partial charge on any atom is -0.503 e. The quantitative estimate of drug-likeness (QED) is 0.545. The fraction of sp³-hybridized carbons (Fsp3) is 0.125. The summed E-state index contributed by atoms with van der Waals surface area (Å²) in [6.45, 7) is 2.01. The lowest BCUT2D eigenvalue weighted by Crippen LogP contribution is -2.30. The van der Waals surface area contributed by atoms with Crippen molar-refractivity contribution in [3.8, 4) is 5.75 Å². The lowest BCUT2D eigenvalue weighted by molar-refractivity contribution is -0.117. The highest BCUT2D eigenvalue weighted by Gasteiger charge is 2.41. The van der Waals surface area contributed by atoms with Crippen molar-refractivity contribution in [2.75, 3.05) is 12.0 Å². The fourth-order valence-electron chi connectivity index (χ4n) is 3.60. The van der Waals surface area contributed by atoms with E-state index in [0.29, 0.717) is 17.0 Å². The van der Waals surface area contributed by atoms with Crippen LogP contribution in [0.15, 0.2) is 83.0 Å². The molecule has 4 rings (SSSR count). The highest BCUT2D eigenvalue weighted by atomic mass is 79.9. The summed E-state index contributed by atoms with van der Waals surface area (Å²) in [4.78, 5) is 14.8. The van der Waals surface area contributed by atoms with Crippen LogP contribution in [0.5, 0.6) is 5.75 Å². The second-order valence-electron chi connectivity index (χ2n) is 6.96. The zero-order chi connectivity index (χ0) is 20.5. The van der Waals surface area contributed by atoms with Gasteiger partial charge in [-0.25, -0.2) is 0 Å². The number of aryl methyl sites for hydroxylation is 1. The van der Waals surface area contributed by atoms with Crippen molar-refractivity contribution in [2.45, 2.75) is 13.0 Å². The van der Waals surface area contributed by atoms with Gasteiger partial charge >= 0.3 is 0 Å². The molecule has 0 fully saturated rings. The van der Waals surface area contributed by atoms with E-state index in [1.165, 1.54) is 0 Å². The molecule has 1 N–H and O–H groups in total. The molecule has 146 valence electrons. The SMILES string of the molecule is COc1ccc(N2C(=O)C(O)=C(c3ccc(C)cc3)[C@@H]2c2ccc(Br)cc2)cc1.